The van der Waals surface area contributed by atoms with Gasteiger partial charge in [-0.3, -0.25) is 4.90 Å². The minimum absolute atomic E-state index is 0.245. The number of hydrogen-bond acceptors (Lipinski definition) is 3. The van der Waals surface area contributed by atoms with E-state index in [1.54, 1.807) is 0 Å². The predicted octanol–water partition coefficient (Wildman–Crippen LogP) is 2.96. The topological polar surface area (TPSA) is 32.7 Å². The van der Waals surface area contributed by atoms with Crippen molar-refractivity contribution in [2.45, 2.75) is 31.7 Å². The van der Waals surface area contributed by atoms with Crippen molar-refractivity contribution in [3.63, 3.8) is 0 Å². The Hall–Kier alpha value is -0.770. The molecule has 3 nitrogen and oxygen atoms in total. The van der Waals surface area contributed by atoms with Gasteiger partial charge in [0.25, 0.3) is 0 Å². The van der Waals surface area contributed by atoms with Crippen LogP contribution in [0.2, 0.25) is 5.02 Å². The van der Waals surface area contributed by atoms with Crippen LogP contribution in [0.15, 0.2) is 24.3 Å². The lowest BCUT2D eigenvalue weighted by Crippen LogP contribution is -2.42. The summed E-state index contributed by atoms with van der Waals surface area (Å²) in [6.45, 7) is 2.73. The Bertz CT molecular complexity index is 365. The van der Waals surface area contributed by atoms with Crippen LogP contribution in [-0.4, -0.2) is 42.4 Å². The van der Waals surface area contributed by atoms with Crippen molar-refractivity contribution in [3.05, 3.63) is 29.3 Å². The molecular formula is C15H22ClNO2. The summed E-state index contributed by atoms with van der Waals surface area (Å²) in [7, 11) is 0. The minimum atomic E-state index is 0.245. The zero-order chi connectivity index (χ0) is 13.5. The number of nitrogens with zero attached hydrogens (tertiary/aromatic N) is 1. The SMILES string of the molecule is OCCN(CCCOc1ccc(Cl)cc1)C1CCC1. The first kappa shape index (κ1) is 14.6. The van der Waals surface area contributed by atoms with Gasteiger partial charge in [-0.2, -0.15) is 0 Å². The van der Waals surface area contributed by atoms with Crippen molar-refractivity contribution in [1.29, 1.82) is 0 Å². The Morgan fingerprint density at radius 3 is 2.53 bits per heavy atom. The highest BCUT2D eigenvalue weighted by atomic mass is 35.5. The molecule has 4 heteroatoms. The first-order valence-electron chi connectivity index (χ1n) is 7.03. The molecule has 0 unspecified atom stereocenters. The maximum absolute atomic E-state index is 9.08. The van der Waals surface area contributed by atoms with Crippen LogP contribution in [0.3, 0.4) is 0 Å². The van der Waals surface area contributed by atoms with E-state index in [1.807, 2.05) is 24.3 Å². The molecule has 1 saturated carbocycles. The van der Waals surface area contributed by atoms with Gasteiger partial charge in [-0.25, -0.2) is 0 Å². The number of aliphatic hydroxyl groups is 1. The molecule has 1 aromatic rings. The van der Waals surface area contributed by atoms with E-state index in [9.17, 15) is 0 Å². The van der Waals surface area contributed by atoms with Crippen LogP contribution >= 0.6 is 11.6 Å². The molecule has 1 aliphatic carbocycles. The van der Waals surface area contributed by atoms with Crippen LogP contribution < -0.4 is 4.74 Å². The highest BCUT2D eigenvalue weighted by Gasteiger charge is 2.23. The zero-order valence-electron chi connectivity index (χ0n) is 11.2. The Balaban J connectivity index is 1.65. The lowest BCUT2D eigenvalue weighted by atomic mass is 9.91. The largest absolute Gasteiger partial charge is 0.494 e. The molecule has 1 aliphatic rings. The molecule has 1 N–H and O–H groups in total. The van der Waals surface area contributed by atoms with Gasteiger partial charge in [-0.15, -0.1) is 0 Å². The average Bonchev–Trinajstić information content (AvgIpc) is 2.35. The van der Waals surface area contributed by atoms with E-state index in [4.69, 9.17) is 21.4 Å². The number of benzene rings is 1. The fraction of sp³-hybridized carbons (Fsp3) is 0.600. The smallest absolute Gasteiger partial charge is 0.119 e. The summed E-state index contributed by atoms with van der Waals surface area (Å²) >= 11 is 5.82. The Kier molecular flexibility index (Phi) is 5.95. The van der Waals surface area contributed by atoms with Crippen LogP contribution in [-0.2, 0) is 0 Å². The lowest BCUT2D eigenvalue weighted by molar-refractivity contribution is 0.0952. The molecule has 0 saturated heterocycles. The average molecular weight is 284 g/mol. The fourth-order valence-electron chi connectivity index (χ4n) is 2.35. The molecule has 0 bridgehead atoms. The third-order valence-electron chi connectivity index (χ3n) is 3.65. The maximum Gasteiger partial charge on any atom is 0.119 e. The van der Waals surface area contributed by atoms with Crippen LogP contribution in [0.4, 0.5) is 0 Å². The maximum atomic E-state index is 9.08. The molecular weight excluding hydrogens is 262 g/mol. The van der Waals surface area contributed by atoms with Crippen LogP contribution in [0.25, 0.3) is 0 Å². The predicted molar refractivity (Wildman–Crippen MR) is 77.9 cm³/mol. The van der Waals surface area contributed by atoms with Crippen molar-refractivity contribution in [2.24, 2.45) is 0 Å². The minimum Gasteiger partial charge on any atom is -0.494 e. The summed E-state index contributed by atoms with van der Waals surface area (Å²) in [6.07, 6.45) is 4.86. The Labute approximate surface area is 120 Å². The van der Waals surface area contributed by atoms with E-state index < -0.39 is 0 Å². The van der Waals surface area contributed by atoms with E-state index in [2.05, 4.69) is 4.90 Å². The quantitative estimate of drug-likeness (QED) is 0.745. The first-order valence-corrected chi connectivity index (χ1v) is 7.40. The summed E-state index contributed by atoms with van der Waals surface area (Å²) in [6, 6.07) is 8.13. The zero-order valence-corrected chi connectivity index (χ0v) is 12.0. The highest BCUT2D eigenvalue weighted by Crippen LogP contribution is 2.24. The number of rotatable bonds is 8. The van der Waals surface area contributed by atoms with Gasteiger partial charge >= 0.3 is 0 Å². The number of halogens is 1. The van der Waals surface area contributed by atoms with Crippen molar-refractivity contribution in [3.8, 4) is 5.75 Å². The van der Waals surface area contributed by atoms with E-state index in [1.165, 1.54) is 19.3 Å². The van der Waals surface area contributed by atoms with E-state index in [0.717, 1.165) is 30.3 Å². The summed E-state index contributed by atoms with van der Waals surface area (Å²) in [5, 5.41) is 9.81. The molecule has 0 aliphatic heterocycles. The molecule has 0 amide bonds. The monoisotopic (exact) mass is 283 g/mol. The normalized spacial score (nSPS) is 15.5. The second kappa shape index (κ2) is 7.73. The number of aliphatic hydroxyl groups excluding tert-OH is 1. The molecule has 106 valence electrons. The third kappa shape index (κ3) is 4.68. The van der Waals surface area contributed by atoms with E-state index in [-0.39, 0.29) is 6.61 Å². The fourth-order valence-corrected chi connectivity index (χ4v) is 2.47. The van der Waals surface area contributed by atoms with Crippen LogP contribution in [0.5, 0.6) is 5.75 Å². The van der Waals surface area contributed by atoms with Gasteiger partial charge < -0.3 is 9.84 Å². The van der Waals surface area contributed by atoms with Gasteiger partial charge in [0.15, 0.2) is 0 Å². The van der Waals surface area contributed by atoms with E-state index in [0.29, 0.717) is 12.6 Å². The molecule has 19 heavy (non-hydrogen) atoms. The van der Waals surface area contributed by atoms with Gasteiger partial charge in [0.2, 0.25) is 0 Å². The van der Waals surface area contributed by atoms with Crippen molar-refractivity contribution in [2.75, 3.05) is 26.3 Å². The second-order valence-electron chi connectivity index (χ2n) is 5.00. The van der Waals surface area contributed by atoms with Gasteiger partial charge in [0.05, 0.1) is 13.2 Å². The summed E-state index contributed by atoms with van der Waals surface area (Å²) < 4.78 is 5.67. The van der Waals surface area contributed by atoms with E-state index >= 15 is 0 Å². The van der Waals surface area contributed by atoms with Gasteiger partial charge in [0, 0.05) is 24.2 Å². The van der Waals surface area contributed by atoms with Gasteiger partial charge in [-0.1, -0.05) is 18.0 Å². The molecule has 0 aromatic heterocycles. The molecule has 0 heterocycles. The summed E-state index contributed by atoms with van der Waals surface area (Å²) in [5.41, 5.74) is 0. The number of hydrogen-bond donors (Lipinski definition) is 1. The van der Waals surface area contributed by atoms with Crippen molar-refractivity contribution in [1.82, 2.24) is 4.90 Å². The lowest BCUT2D eigenvalue weighted by Gasteiger charge is -2.37. The van der Waals surface area contributed by atoms with Crippen molar-refractivity contribution >= 4 is 11.6 Å². The first-order chi connectivity index (χ1) is 9.29. The molecule has 0 atom stereocenters. The van der Waals surface area contributed by atoms with Crippen LogP contribution in [0.1, 0.15) is 25.7 Å². The van der Waals surface area contributed by atoms with Crippen molar-refractivity contribution < 1.29 is 9.84 Å². The van der Waals surface area contributed by atoms with Gasteiger partial charge in [-0.05, 0) is 43.5 Å². The summed E-state index contributed by atoms with van der Waals surface area (Å²) in [4.78, 5) is 2.38. The standard InChI is InChI=1S/C15H22ClNO2/c16-13-5-7-15(8-6-13)19-12-2-9-17(10-11-18)14-3-1-4-14/h5-8,14,18H,1-4,9-12H2. The molecule has 2 rings (SSSR count). The second-order valence-corrected chi connectivity index (χ2v) is 5.44. The molecule has 1 fully saturated rings. The summed E-state index contributed by atoms with van der Waals surface area (Å²) in [5.74, 6) is 0.863. The Morgan fingerprint density at radius 2 is 1.95 bits per heavy atom. The van der Waals surface area contributed by atoms with Crippen LogP contribution in [0, 0.1) is 0 Å². The number of ether oxygens (including phenoxy) is 1. The molecule has 0 radical (unpaired) electrons. The third-order valence-corrected chi connectivity index (χ3v) is 3.90. The molecule has 0 spiro atoms. The highest BCUT2D eigenvalue weighted by molar-refractivity contribution is 6.30. The van der Waals surface area contributed by atoms with Gasteiger partial charge in [0.1, 0.15) is 5.75 Å². The Morgan fingerprint density at radius 1 is 1.21 bits per heavy atom. The molecule has 1 aromatic carbocycles.